The molecule has 0 spiro atoms. The van der Waals surface area contributed by atoms with Crippen molar-refractivity contribution >= 4 is 11.6 Å². The molecular formula is C17H16N2O2. The highest BCUT2D eigenvalue weighted by Gasteiger charge is 2.13. The van der Waals surface area contributed by atoms with Gasteiger partial charge in [-0.1, -0.05) is 30.3 Å². The second-order valence-electron chi connectivity index (χ2n) is 4.65. The average molecular weight is 280 g/mol. The zero-order valence-corrected chi connectivity index (χ0v) is 12.0. The summed E-state index contributed by atoms with van der Waals surface area (Å²) >= 11 is 0. The quantitative estimate of drug-likeness (QED) is 0.936. The van der Waals surface area contributed by atoms with Crippen molar-refractivity contribution in [2.24, 2.45) is 0 Å². The van der Waals surface area contributed by atoms with Crippen LogP contribution in [0.15, 0.2) is 42.5 Å². The van der Waals surface area contributed by atoms with Gasteiger partial charge in [0.2, 0.25) is 5.91 Å². The van der Waals surface area contributed by atoms with Crippen molar-refractivity contribution < 1.29 is 9.53 Å². The maximum atomic E-state index is 12.2. The van der Waals surface area contributed by atoms with Crippen LogP contribution < -0.4 is 10.1 Å². The van der Waals surface area contributed by atoms with Gasteiger partial charge in [0.25, 0.3) is 0 Å². The van der Waals surface area contributed by atoms with Gasteiger partial charge in [-0.15, -0.1) is 0 Å². The number of amides is 1. The van der Waals surface area contributed by atoms with Gasteiger partial charge in [0.05, 0.1) is 19.1 Å². The van der Waals surface area contributed by atoms with E-state index in [-0.39, 0.29) is 12.3 Å². The predicted octanol–water partition coefficient (Wildman–Crippen LogP) is 3.06. The molecule has 1 N–H and O–H groups in total. The van der Waals surface area contributed by atoms with E-state index in [2.05, 4.69) is 11.4 Å². The number of carbonyl (C=O) groups excluding carboxylic acids is 1. The molecule has 106 valence electrons. The van der Waals surface area contributed by atoms with Crippen LogP contribution in [0.3, 0.4) is 0 Å². The molecule has 4 nitrogen and oxygen atoms in total. The van der Waals surface area contributed by atoms with Gasteiger partial charge in [-0.25, -0.2) is 0 Å². The molecule has 0 bridgehead atoms. The van der Waals surface area contributed by atoms with Crippen LogP contribution >= 0.6 is 0 Å². The fraction of sp³-hybridized carbons (Fsp3) is 0.176. The largest absolute Gasteiger partial charge is 0.495 e. The minimum atomic E-state index is -0.176. The Bertz CT molecular complexity index is 702. The summed E-state index contributed by atoms with van der Waals surface area (Å²) in [6.45, 7) is 1.96. The Kier molecular flexibility index (Phi) is 4.57. The number of benzene rings is 2. The topological polar surface area (TPSA) is 62.1 Å². The summed E-state index contributed by atoms with van der Waals surface area (Å²) < 4.78 is 5.20. The number of methoxy groups -OCH3 is 1. The van der Waals surface area contributed by atoms with Crippen LogP contribution in [0.5, 0.6) is 5.75 Å². The molecule has 0 fully saturated rings. The Labute approximate surface area is 124 Å². The van der Waals surface area contributed by atoms with Crippen molar-refractivity contribution in [2.45, 2.75) is 13.3 Å². The zero-order valence-electron chi connectivity index (χ0n) is 12.0. The number of para-hydroxylation sites is 1. The SMILES string of the molecule is COc1cccc(C#N)c1NC(=O)Cc1ccccc1C. The Morgan fingerprint density at radius 1 is 1.24 bits per heavy atom. The number of rotatable bonds is 4. The van der Waals surface area contributed by atoms with E-state index in [0.29, 0.717) is 17.0 Å². The van der Waals surface area contributed by atoms with E-state index in [1.807, 2.05) is 31.2 Å². The van der Waals surface area contributed by atoms with E-state index in [4.69, 9.17) is 10.00 Å². The summed E-state index contributed by atoms with van der Waals surface area (Å²) in [6, 6.07) is 14.9. The fourth-order valence-electron chi connectivity index (χ4n) is 2.09. The zero-order chi connectivity index (χ0) is 15.2. The normalized spacial score (nSPS) is 9.76. The minimum Gasteiger partial charge on any atom is -0.495 e. The number of hydrogen-bond donors (Lipinski definition) is 1. The van der Waals surface area contributed by atoms with Gasteiger partial charge < -0.3 is 10.1 Å². The van der Waals surface area contributed by atoms with E-state index in [9.17, 15) is 4.79 Å². The smallest absolute Gasteiger partial charge is 0.228 e. The van der Waals surface area contributed by atoms with Crippen LogP contribution in [-0.2, 0) is 11.2 Å². The Balaban J connectivity index is 2.21. The lowest BCUT2D eigenvalue weighted by Gasteiger charge is -2.12. The molecular weight excluding hydrogens is 264 g/mol. The summed E-state index contributed by atoms with van der Waals surface area (Å²) in [5.41, 5.74) is 2.82. The first-order chi connectivity index (χ1) is 10.2. The molecule has 0 aliphatic rings. The van der Waals surface area contributed by atoms with Crippen LogP contribution in [0.1, 0.15) is 16.7 Å². The van der Waals surface area contributed by atoms with Crippen LogP contribution in [-0.4, -0.2) is 13.0 Å². The first-order valence-corrected chi connectivity index (χ1v) is 6.57. The van der Waals surface area contributed by atoms with E-state index in [0.717, 1.165) is 11.1 Å². The molecule has 0 aliphatic heterocycles. The molecule has 0 aliphatic carbocycles. The summed E-state index contributed by atoms with van der Waals surface area (Å²) in [5, 5.41) is 11.9. The lowest BCUT2D eigenvalue weighted by atomic mass is 10.1. The van der Waals surface area contributed by atoms with Gasteiger partial charge >= 0.3 is 0 Å². The Morgan fingerprint density at radius 3 is 2.67 bits per heavy atom. The fourth-order valence-corrected chi connectivity index (χ4v) is 2.09. The molecule has 0 aromatic heterocycles. The lowest BCUT2D eigenvalue weighted by molar-refractivity contribution is -0.115. The molecule has 0 atom stereocenters. The summed E-state index contributed by atoms with van der Waals surface area (Å²) in [4.78, 5) is 12.2. The minimum absolute atomic E-state index is 0.176. The molecule has 4 heteroatoms. The van der Waals surface area contributed by atoms with Crippen LogP contribution in [0.4, 0.5) is 5.69 Å². The number of aryl methyl sites for hydroxylation is 1. The highest BCUT2D eigenvalue weighted by Crippen LogP contribution is 2.28. The number of carbonyl (C=O) groups is 1. The number of hydrogen-bond acceptors (Lipinski definition) is 3. The number of nitriles is 1. The summed E-state index contributed by atoms with van der Waals surface area (Å²) in [5.74, 6) is 0.303. The standard InChI is InChI=1S/C17H16N2O2/c1-12-6-3-4-7-13(12)10-16(20)19-17-14(11-18)8-5-9-15(17)21-2/h3-9H,10H2,1-2H3,(H,19,20). The first kappa shape index (κ1) is 14.6. The van der Waals surface area contributed by atoms with Crippen molar-refractivity contribution in [3.63, 3.8) is 0 Å². The monoisotopic (exact) mass is 280 g/mol. The highest BCUT2D eigenvalue weighted by atomic mass is 16.5. The summed E-state index contributed by atoms with van der Waals surface area (Å²) in [6.07, 6.45) is 0.260. The van der Waals surface area contributed by atoms with Crippen molar-refractivity contribution in [1.29, 1.82) is 5.26 Å². The number of nitrogens with zero attached hydrogens (tertiary/aromatic N) is 1. The lowest BCUT2D eigenvalue weighted by Crippen LogP contribution is -2.16. The van der Waals surface area contributed by atoms with E-state index >= 15 is 0 Å². The predicted molar refractivity (Wildman–Crippen MR) is 81.2 cm³/mol. The first-order valence-electron chi connectivity index (χ1n) is 6.57. The maximum absolute atomic E-state index is 12.2. The van der Waals surface area contributed by atoms with Crippen LogP contribution in [0.2, 0.25) is 0 Å². The molecule has 21 heavy (non-hydrogen) atoms. The second-order valence-corrected chi connectivity index (χ2v) is 4.65. The molecule has 2 aromatic carbocycles. The molecule has 0 heterocycles. The van der Waals surface area contributed by atoms with Crippen LogP contribution in [0.25, 0.3) is 0 Å². The summed E-state index contributed by atoms with van der Waals surface area (Å²) in [7, 11) is 1.51. The molecule has 0 saturated carbocycles. The molecule has 2 rings (SSSR count). The Hall–Kier alpha value is -2.80. The molecule has 0 saturated heterocycles. The third-order valence-electron chi connectivity index (χ3n) is 3.24. The number of ether oxygens (including phenoxy) is 1. The van der Waals surface area contributed by atoms with E-state index < -0.39 is 0 Å². The van der Waals surface area contributed by atoms with Crippen LogP contribution in [0, 0.1) is 18.3 Å². The maximum Gasteiger partial charge on any atom is 0.228 e. The van der Waals surface area contributed by atoms with Gasteiger partial charge in [-0.3, -0.25) is 4.79 Å². The number of nitrogens with one attached hydrogen (secondary N) is 1. The van der Waals surface area contributed by atoms with Gasteiger partial charge in [-0.2, -0.15) is 5.26 Å². The van der Waals surface area contributed by atoms with Gasteiger partial charge in [0.1, 0.15) is 17.5 Å². The van der Waals surface area contributed by atoms with Gasteiger partial charge in [0.15, 0.2) is 0 Å². The van der Waals surface area contributed by atoms with Gasteiger partial charge in [0, 0.05) is 0 Å². The molecule has 0 unspecified atom stereocenters. The highest BCUT2D eigenvalue weighted by molar-refractivity contribution is 5.95. The van der Waals surface area contributed by atoms with Crippen molar-refractivity contribution in [3.05, 3.63) is 59.2 Å². The van der Waals surface area contributed by atoms with Gasteiger partial charge in [-0.05, 0) is 30.2 Å². The third-order valence-corrected chi connectivity index (χ3v) is 3.24. The van der Waals surface area contributed by atoms with E-state index in [1.165, 1.54) is 7.11 Å². The van der Waals surface area contributed by atoms with Crippen molar-refractivity contribution in [1.82, 2.24) is 0 Å². The van der Waals surface area contributed by atoms with E-state index in [1.54, 1.807) is 18.2 Å². The number of anilines is 1. The van der Waals surface area contributed by atoms with Crippen molar-refractivity contribution in [2.75, 3.05) is 12.4 Å². The molecule has 2 aromatic rings. The third kappa shape index (κ3) is 3.40. The molecule has 0 radical (unpaired) electrons. The average Bonchev–Trinajstić information content (AvgIpc) is 2.49. The molecule has 1 amide bonds. The van der Waals surface area contributed by atoms with Crippen molar-refractivity contribution in [3.8, 4) is 11.8 Å². The second kappa shape index (κ2) is 6.58. The Morgan fingerprint density at radius 2 is 2.00 bits per heavy atom.